The van der Waals surface area contributed by atoms with E-state index in [-0.39, 0.29) is 31.2 Å². The number of benzene rings is 1. The molecule has 3 rings (SSSR count). The second-order valence-corrected chi connectivity index (χ2v) is 5.88. The lowest BCUT2D eigenvalue weighted by Gasteiger charge is -2.34. The quantitative estimate of drug-likeness (QED) is 0.855. The number of rotatable bonds is 3. The predicted molar refractivity (Wildman–Crippen MR) is 86.4 cm³/mol. The monoisotopic (exact) mass is 383 g/mol. The van der Waals surface area contributed by atoms with Gasteiger partial charge in [0.25, 0.3) is 0 Å². The van der Waals surface area contributed by atoms with Gasteiger partial charge < -0.3 is 15.1 Å². The molecule has 2 aromatic rings. The lowest BCUT2D eigenvalue weighted by molar-refractivity contribution is -0.137. The summed E-state index contributed by atoms with van der Waals surface area (Å²) in [5.74, 6) is -0.180. The maximum Gasteiger partial charge on any atom is 0.416 e. The van der Waals surface area contributed by atoms with Crippen molar-refractivity contribution in [3.05, 3.63) is 36.2 Å². The highest BCUT2D eigenvalue weighted by Gasteiger charge is 2.31. The van der Waals surface area contributed by atoms with E-state index in [1.165, 1.54) is 28.0 Å². The number of halogens is 3. The summed E-state index contributed by atoms with van der Waals surface area (Å²) in [5.41, 5.74) is -0.773. The Morgan fingerprint density at radius 3 is 2.44 bits per heavy atom. The van der Waals surface area contributed by atoms with Crippen LogP contribution >= 0.6 is 0 Å². The first-order chi connectivity index (χ1) is 12.8. The molecule has 1 aromatic heterocycles. The molecule has 0 radical (unpaired) electrons. The minimum Gasteiger partial charge on any atom is -0.338 e. The first kappa shape index (κ1) is 18.6. The van der Waals surface area contributed by atoms with Crippen molar-refractivity contribution in [3.63, 3.8) is 0 Å². The third kappa shape index (κ3) is 4.71. The summed E-state index contributed by atoms with van der Waals surface area (Å²) in [6, 6.07) is 3.92. The zero-order valence-corrected chi connectivity index (χ0v) is 14.1. The molecule has 0 saturated carbocycles. The summed E-state index contributed by atoms with van der Waals surface area (Å²) in [6.07, 6.45) is -3.15. The van der Waals surface area contributed by atoms with E-state index >= 15 is 0 Å². The average Bonchev–Trinajstić information content (AvgIpc) is 3.14. The number of amides is 3. The Kier molecular flexibility index (Phi) is 5.23. The molecule has 144 valence electrons. The summed E-state index contributed by atoms with van der Waals surface area (Å²) in [6.45, 7) is 1.18. The summed E-state index contributed by atoms with van der Waals surface area (Å²) in [4.78, 5) is 27.4. The van der Waals surface area contributed by atoms with Gasteiger partial charge in [-0.3, -0.25) is 4.79 Å². The van der Waals surface area contributed by atoms with Crippen LogP contribution in [0.25, 0.3) is 0 Å². The summed E-state index contributed by atoms with van der Waals surface area (Å²) >= 11 is 0. The molecule has 1 aliphatic rings. The van der Waals surface area contributed by atoms with Crippen LogP contribution in [0.4, 0.5) is 23.7 Å². The van der Waals surface area contributed by atoms with E-state index in [0.717, 1.165) is 12.1 Å². The third-order valence-electron chi connectivity index (χ3n) is 4.05. The molecule has 1 aromatic carbocycles. The number of anilines is 1. The van der Waals surface area contributed by atoms with Crippen molar-refractivity contribution in [1.29, 1.82) is 0 Å². The lowest BCUT2D eigenvalue weighted by atomic mass is 10.2. The van der Waals surface area contributed by atoms with Crippen LogP contribution in [0.5, 0.6) is 0 Å². The number of nitrogens with one attached hydrogen (secondary N) is 1. The van der Waals surface area contributed by atoms with Gasteiger partial charge in [-0.1, -0.05) is 6.07 Å². The highest BCUT2D eigenvalue weighted by atomic mass is 19.4. The summed E-state index contributed by atoms with van der Waals surface area (Å²) in [7, 11) is 0. The van der Waals surface area contributed by atoms with Gasteiger partial charge in [0.05, 0.1) is 5.56 Å². The fourth-order valence-electron chi connectivity index (χ4n) is 2.63. The highest BCUT2D eigenvalue weighted by Crippen LogP contribution is 2.30. The number of hydrogen-bond donors (Lipinski definition) is 1. The minimum atomic E-state index is -4.48. The zero-order chi connectivity index (χ0) is 19.4. The molecule has 3 amide bonds. The Balaban J connectivity index is 1.52. The Morgan fingerprint density at radius 1 is 1.11 bits per heavy atom. The molecule has 0 unspecified atom stereocenters. The number of alkyl halides is 3. The van der Waals surface area contributed by atoms with Crippen LogP contribution in [-0.2, 0) is 17.5 Å². The van der Waals surface area contributed by atoms with Gasteiger partial charge in [0.1, 0.15) is 12.9 Å². The van der Waals surface area contributed by atoms with Crippen molar-refractivity contribution in [2.75, 3.05) is 31.5 Å². The fraction of sp³-hybridized carbons (Fsp3) is 0.400. The van der Waals surface area contributed by atoms with Crippen LogP contribution < -0.4 is 5.32 Å². The van der Waals surface area contributed by atoms with Gasteiger partial charge in [0.15, 0.2) is 0 Å². The molecule has 1 N–H and O–H groups in total. The Labute approximate surface area is 151 Å². The van der Waals surface area contributed by atoms with Crippen molar-refractivity contribution >= 4 is 17.6 Å². The van der Waals surface area contributed by atoms with Crippen LogP contribution in [0.2, 0.25) is 0 Å². The average molecular weight is 383 g/mol. The van der Waals surface area contributed by atoms with E-state index in [1.54, 1.807) is 4.90 Å². The molecule has 1 aliphatic heterocycles. The maximum atomic E-state index is 12.7. The number of nitrogens with zero attached hydrogens (tertiary/aromatic N) is 6. The van der Waals surface area contributed by atoms with Crippen LogP contribution in [0.3, 0.4) is 0 Å². The predicted octanol–water partition coefficient (Wildman–Crippen LogP) is 1.07. The van der Waals surface area contributed by atoms with Crippen molar-refractivity contribution < 1.29 is 22.8 Å². The molecule has 0 bridgehead atoms. The molecule has 0 spiro atoms. The third-order valence-corrected chi connectivity index (χ3v) is 4.05. The molecule has 27 heavy (non-hydrogen) atoms. The van der Waals surface area contributed by atoms with Gasteiger partial charge >= 0.3 is 12.2 Å². The van der Waals surface area contributed by atoms with Gasteiger partial charge in [0.2, 0.25) is 5.91 Å². The number of piperazine rings is 1. The van der Waals surface area contributed by atoms with Crippen molar-refractivity contribution in [1.82, 2.24) is 30.0 Å². The second kappa shape index (κ2) is 7.60. The standard InChI is InChI=1S/C15H16F3N7O2/c16-15(17,18)11-2-1-3-12(8-11)20-14(27)24-6-4-23(5-7-24)13(26)9-25-10-19-21-22-25/h1-3,8,10H,4-7,9H2,(H,20,27). The lowest BCUT2D eigenvalue weighted by Crippen LogP contribution is -2.52. The van der Waals surface area contributed by atoms with E-state index in [4.69, 9.17) is 0 Å². The fourth-order valence-corrected chi connectivity index (χ4v) is 2.63. The van der Waals surface area contributed by atoms with Crippen molar-refractivity contribution in [2.24, 2.45) is 0 Å². The molecular weight excluding hydrogens is 367 g/mol. The van der Waals surface area contributed by atoms with Crippen molar-refractivity contribution in [3.8, 4) is 0 Å². The van der Waals surface area contributed by atoms with E-state index in [2.05, 4.69) is 20.8 Å². The second-order valence-electron chi connectivity index (χ2n) is 5.88. The van der Waals surface area contributed by atoms with Gasteiger partial charge in [-0.15, -0.1) is 5.10 Å². The summed E-state index contributed by atoms with van der Waals surface area (Å²) < 4.78 is 39.5. The van der Waals surface area contributed by atoms with Crippen LogP contribution in [0, 0.1) is 0 Å². The van der Waals surface area contributed by atoms with Crippen LogP contribution in [0.1, 0.15) is 5.56 Å². The van der Waals surface area contributed by atoms with Gasteiger partial charge in [0, 0.05) is 31.9 Å². The molecule has 2 heterocycles. The van der Waals surface area contributed by atoms with Gasteiger partial charge in [-0.2, -0.15) is 13.2 Å². The number of aromatic nitrogens is 4. The van der Waals surface area contributed by atoms with E-state index in [0.29, 0.717) is 13.1 Å². The molecule has 9 nitrogen and oxygen atoms in total. The number of carbonyl (C=O) groups excluding carboxylic acids is 2. The molecule has 1 saturated heterocycles. The Morgan fingerprint density at radius 2 is 1.81 bits per heavy atom. The van der Waals surface area contributed by atoms with E-state index < -0.39 is 17.8 Å². The first-order valence-corrected chi connectivity index (χ1v) is 8.04. The summed E-state index contributed by atoms with van der Waals surface area (Å²) in [5, 5.41) is 13.0. The van der Waals surface area contributed by atoms with E-state index in [9.17, 15) is 22.8 Å². The van der Waals surface area contributed by atoms with Crippen LogP contribution in [0.15, 0.2) is 30.6 Å². The topological polar surface area (TPSA) is 96.2 Å². The van der Waals surface area contributed by atoms with Gasteiger partial charge in [-0.25, -0.2) is 9.48 Å². The Bertz CT molecular complexity index is 802. The largest absolute Gasteiger partial charge is 0.416 e. The first-order valence-electron chi connectivity index (χ1n) is 8.04. The van der Waals surface area contributed by atoms with Crippen molar-refractivity contribution in [2.45, 2.75) is 12.7 Å². The molecule has 0 atom stereocenters. The minimum absolute atomic E-state index is 0.00340. The molecule has 0 aliphatic carbocycles. The maximum absolute atomic E-state index is 12.7. The number of carbonyl (C=O) groups is 2. The number of hydrogen-bond acceptors (Lipinski definition) is 5. The SMILES string of the molecule is O=C(Cn1cnnn1)N1CCN(C(=O)Nc2cccc(C(F)(F)F)c2)CC1. The molecular formula is C15H16F3N7O2. The highest BCUT2D eigenvalue weighted by molar-refractivity contribution is 5.89. The van der Waals surface area contributed by atoms with Crippen LogP contribution in [-0.4, -0.2) is 68.1 Å². The van der Waals surface area contributed by atoms with Gasteiger partial charge in [-0.05, 0) is 28.6 Å². The molecule has 12 heteroatoms. The zero-order valence-electron chi connectivity index (χ0n) is 14.1. The Hall–Kier alpha value is -3.18. The number of tetrazole rings is 1. The normalized spacial score (nSPS) is 14.9. The van der Waals surface area contributed by atoms with E-state index in [1.807, 2.05) is 0 Å². The molecule has 1 fully saturated rings. The number of urea groups is 1. The smallest absolute Gasteiger partial charge is 0.338 e.